The highest BCUT2D eigenvalue weighted by Gasteiger charge is 2.12. The number of benzene rings is 2. The summed E-state index contributed by atoms with van der Waals surface area (Å²) in [5, 5.41) is 13.2. The molecule has 3 rings (SSSR count). The normalized spacial score (nSPS) is 9.33. The highest BCUT2D eigenvalue weighted by molar-refractivity contribution is 5.50. The summed E-state index contributed by atoms with van der Waals surface area (Å²) in [6, 6.07) is 19.7. The second kappa shape index (κ2) is 14.4. The van der Waals surface area contributed by atoms with E-state index in [2.05, 4.69) is 15.3 Å². The van der Waals surface area contributed by atoms with Crippen molar-refractivity contribution < 1.29 is 0 Å². The molecule has 0 N–H and O–H groups in total. The Hall–Kier alpha value is -2.75. The lowest BCUT2D eigenvalue weighted by Crippen LogP contribution is -1.98. The molecule has 0 saturated heterocycles. The van der Waals surface area contributed by atoms with Crippen molar-refractivity contribution in [1.82, 2.24) is 9.78 Å². The lowest BCUT2D eigenvalue weighted by molar-refractivity contribution is 0.833. The Bertz CT molecular complexity index is 760. The van der Waals surface area contributed by atoms with E-state index in [9.17, 15) is 0 Å². The van der Waals surface area contributed by atoms with Crippen LogP contribution in [0.3, 0.4) is 0 Å². The topological polar surface area (TPSA) is 42.5 Å². The average molecular weight is 367 g/mol. The standard InChI is InChI=1S/C17H16N4.3C2H6/c1-13-17(19-18-15-9-5-3-6-10-15)14(2)21(20-13)16-11-7-4-8-12-16;3*1-2/h3-12H,1-2H3;3*1-2H3. The van der Waals surface area contributed by atoms with Crippen molar-refractivity contribution >= 4 is 11.4 Å². The van der Waals surface area contributed by atoms with Crippen molar-refractivity contribution in [2.24, 2.45) is 10.2 Å². The predicted molar refractivity (Wildman–Crippen MR) is 118 cm³/mol. The Kier molecular flexibility index (Phi) is 13.0. The summed E-state index contributed by atoms with van der Waals surface area (Å²) < 4.78 is 1.90. The molecule has 0 aliphatic heterocycles. The van der Waals surface area contributed by atoms with Crippen LogP contribution in [0.25, 0.3) is 5.69 Å². The van der Waals surface area contributed by atoms with Crippen LogP contribution in [-0.4, -0.2) is 9.78 Å². The van der Waals surface area contributed by atoms with Gasteiger partial charge < -0.3 is 0 Å². The minimum absolute atomic E-state index is 0.822. The molecule has 0 bridgehead atoms. The molecule has 0 radical (unpaired) electrons. The molecular formula is C23H34N4. The van der Waals surface area contributed by atoms with Gasteiger partial charge in [0.25, 0.3) is 0 Å². The van der Waals surface area contributed by atoms with E-state index >= 15 is 0 Å². The SMILES string of the molecule is CC.CC.CC.Cc1nn(-c2ccccc2)c(C)c1N=Nc1ccccc1. The molecule has 0 unspecified atom stereocenters. The number of aryl methyl sites for hydroxylation is 1. The summed E-state index contributed by atoms with van der Waals surface area (Å²) in [6.07, 6.45) is 0. The first kappa shape index (κ1) is 24.2. The lowest BCUT2D eigenvalue weighted by atomic mass is 10.3. The fourth-order valence-electron chi connectivity index (χ4n) is 2.20. The van der Waals surface area contributed by atoms with Crippen LogP contribution >= 0.6 is 0 Å². The number of hydrogen-bond acceptors (Lipinski definition) is 3. The molecule has 0 fully saturated rings. The maximum atomic E-state index is 4.56. The molecule has 0 saturated carbocycles. The van der Waals surface area contributed by atoms with Gasteiger partial charge in [0.2, 0.25) is 0 Å². The molecule has 27 heavy (non-hydrogen) atoms. The van der Waals surface area contributed by atoms with Crippen LogP contribution in [0.2, 0.25) is 0 Å². The van der Waals surface area contributed by atoms with Crippen LogP contribution in [-0.2, 0) is 0 Å². The average Bonchev–Trinajstić information content (AvgIpc) is 3.06. The van der Waals surface area contributed by atoms with Gasteiger partial charge in [-0.2, -0.15) is 10.2 Å². The van der Waals surface area contributed by atoms with Crippen LogP contribution in [0, 0.1) is 13.8 Å². The third kappa shape index (κ3) is 7.18. The Labute approximate surface area is 165 Å². The van der Waals surface area contributed by atoms with Crippen LogP contribution in [0.5, 0.6) is 0 Å². The molecule has 1 aromatic heterocycles. The fraction of sp³-hybridized carbons (Fsp3) is 0.348. The van der Waals surface area contributed by atoms with Gasteiger partial charge in [0.15, 0.2) is 0 Å². The summed E-state index contributed by atoms with van der Waals surface area (Å²) >= 11 is 0. The smallest absolute Gasteiger partial charge is 0.130 e. The van der Waals surface area contributed by atoms with E-state index in [1.165, 1.54) is 0 Å². The molecule has 3 aromatic rings. The molecule has 0 atom stereocenters. The number of aromatic nitrogens is 2. The van der Waals surface area contributed by atoms with Crippen molar-refractivity contribution in [3.63, 3.8) is 0 Å². The number of rotatable bonds is 3. The number of nitrogens with zero attached hydrogens (tertiary/aromatic N) is 4. The first-order valence-electron chi connectivity index (χ1n) is 9.84. The van der Waals surface area contributed by atoms with Gasteiger partial charge in [0.1, 0.15) is 5.69 Å². The van der Waals surface area contributed by atoms with Crippen LogP contribution in [0.15, 0.2) is 70.9 Å². The lowest BCUT2D eigenvalue weighted by Gasteiger charge is -2.03. The van der Waals surface area contributed by atoms with Crippen molar-refractivity contribution in [1.29, 1.82) is 0 Å². The monoisotopic (exact) mass is 366 g/mol. The van der Waals surface area contributed by atoms with Gasteiger partial charge in [0, 0.05) is 0 Å². The maximum Gasteiger partial charge on any atom is 0.130 e. The molecule has 0 aliphatic rings. The third-order valence-electron chi connectivity index (χ3n) is 3.28. The molecule has 2 aromatic carbocycles. The van der Waals surface area contributed by atoms with Gasteiger partial charge >= 0.3 is 0 Å². The van der Waals surface area contributed by atoms with Gasteiger partial charge in [-0.05, 0) is 38.1 Å². The molecule has 4 nitrogen and oxygen atoms in total. The van der Waals surface area contributed by atoms with Gasteiger partial charge in [-0.1, -0.05) is 77.9 Å². The predicted octanol–water partition coefficient (Wildman–Crippen LogP) is 7.98. The molecule has 146 valence electrons. The zero-order valence-electron chi connectivity index (χ0n) is 18.1. The van der Waals surface area contributed by atoms with Gasteiger partial charge in [-0.15, -0.1) is 5.11 Å². The summed E-state index contributed by atoms with van der Waals surface area (Å²) in [7, 11) is 0. The van der Waals surface area contributed by atoms with Crippen LogP contribution in [0.1, 0.15) is 52.9 Å². The molecular weight excluding hydrogens is 332 g/mol. The van der Waals surface area contributed by atoms with E-state index in [-0.39, 0.29) is 0 Å². The van der Waals surface area contributed by atoms with E-state index in [0.29, 0.717) is 0 Å². The summed E-state index contributed by atoms with van der Waals surface area (Å²) in [4.78, 5) is 0. The van der Waals surface area contributed by atoms with Gasteiger partial charge in [-0.3, -0.25) is 0 Å². The summed E-state index contributed by atoms with van der Waals surface area (Å²) in [5.74, 6) is 0. The first-order valence-corrected chi connectivity index (χ1v) is 9.84. The van der Waals surface area contributed by atoms with E-state index in [1.54, 1.807) is 0 Å². The van der Waals surface area contributed by atoms with E-state index in [1.807, 2.05) is 121 Å². The van der Waals surface area contributed by atoms with Crippen molar-refractivity contribution in [3.05, 3.63) is 72.1 Å². The van der Waals surface area contributed by atoms with Crippen molar-refractivity contribution in [3.8, 4) is 5.69 Å². The second-order valence-electron chi connectivity index (χ2n) is 4.80. The highest BCUT2D eigenvalue weighted by atomic mass is 15.3. The highest BCUT2D eigenvalue weighted by Crippen LogP contribution is 2.27. The maximum absolute atomic E-state index is 4.56. The largest absolute Gasteiger partial charge is 0.236 e. The van der Waals surface area contributed by atoms with E-state index < -0.39 is 0 Å². The van der Waals surface area contributed by atoms with Crippen LogP contribution < -0.4 is 0 Å². The number of azo groups is 1. The quantitative estimate of drug-likeness (QED) is 0.433. The molecule has 4 heteroatoms. The fourth-order valence-corrected chi connectivity index (χ4v) is 2.20. The Morgan fingerprint density at radius 1 is 0.667 bits per heavy atom. The van der Waals surface area contributed by atoms with Gasteiger partial charge in [-0.25, -0.2) is 4.68 Å². The van der Waals surface area contributed by atoms with Crippen molar-refractivity contribution in [2.45, 2.75) is 55.4 Å². The zero-order chi connectivity index (χ0) is 20.7. The van der Waals surface area contributed by atoms with Crippen molar-refractivity contribution in [2.75, 3.05) is 0 Å². The Morgan fingerprint density at radius 3 is 1.67 bits per heavy atom. The Balaban J connectivity index is 0.00000103. The Morgan fingerprint density at radius 2 is 1.15 bits per heavy atom. The summed E-state index contributed by atoms with van der Waals surface area (Å²) in [6.45, 7) is 16.0. The van der Waals surface area contributed by atoms with E-state index in [4.69, 9.17) is 0 Å². The third-order valence-corrected chi connectivity index (χ3v) is 3.28. The van der Waals surface area contributed by atoms with Crippen LogP contribution in [0.4, 0.5) is 11.4 Å². The minimum Gasteiger partial charge on any atom is -0.236 e. The molecule has 0 aliphatic carbocycles. The minimum atomic E-state index is 0.822. The zero-order valence-corrected chi connectivity index (χ0v) is 18.1. The number of para-hydroxylation sites is 1. The molecule has 0 spiro atoms. The summed E-state index contributed by atoms with van der Waals surface area (Å²) in [5.41, 5.74) is 4.54. The first-order chi connectivity index (χ1) is 13.3. The molecule has 1 heterocycles. The van der Waals surface area contributed by atoms with Gasteiger partial charge in [0.05, 0.1) is 22.8 Å². The van der Waals surface area contributed by atoms with E-state index in [0.717, 1.165) is 28.5 Å². The second-order valence-corrected chi connectivity index (χ2v) is 4.80. The number of hydrogen-bond donors (Lipinski definition) is 0. The molecule has 0 amide bonds.